The van der Waals surface area contributed by atoms with Crippen LogP contribution >= 0.6 is 11.3 Å². The van der Waals surface area contributed by atoms with Crippen LogP contribution in [0.5, 0.6) is 0 Å². The van der Waals surface area contributed by atoms with Gasteiger partial charge in [-0.15, -0.1) is 11.3 Å². The van der Waals surface area contributed by atoms with E-state index in [-0.39, 0.29) is 0 Å². The van der Waals surface area contributed by atoms with Crippen molar-refractivity contribution in [2.75, 3.05) is 44.7 Å². The molecule has 8 heteroatoms. The van der Waals surface area contributed by atoms with E-state index in [2.05, 4.69) is 42.9 Å². The van der Waals surface area contributed by atoms with Gasteiger partial charge in [-0.1, -0.05) is 0 Å². The molecule has 0 atom stereocenters. The van der Waals surface area contributed by atoms with E-state index in [1.165, 1.54) is 16.1 Å². The molecule has 0 aromatic carbocycles. The fourth-order valence-electron chi connectivity index (χ4n) is 3.88. The number of likely N-dealkylation sites (N-methyl/N-ethyl adjacent to an activating group) is 1. The molecule has 0 saturated carbocycles. The van der Waals surface area contributed by atoms with Gasteiger partial charge in [-0.2, -0.15) is 0 Å². The lowest BCUT2D eigenvalue weighted by molar-refractivity contribution is 0.245. The standard InChI is InChI=1S/C21H25N7S/c1-26-8-10-28(11-9-26)21-24-13-18(29-21)15-27-7-4-19-17(14-27)12-23-20(25-19)16-2-5-22-6-3-16/h2-3,5-6,12-13H,4,7-11,14-15H2,1H3. The van der Waals surface area contributed by atoms with Gasteiger partial charge in [0, 0.05) is 93.0 Å². The first-order valence-electron chi connectivity index (χ1n) is 10.1. The van der Waals surface area contributed by atoms with Gasteiger partial charge in [-0.05, 0) is 19.2 Å². The molecule has 3 aromatic rings. The van der Waals surface area contributed by atoms with Crippen LogP contribution in [0.2, 0.25) is 0 Å². The van der Waals surface area contributed by atoms with Gasteiger partial charge in [0.1, 0.15) is 0 Å². The van der Waals surface area contributed by atoms with Gasteiger partial charge >= 0.3 is 0 Å². The molecular formula is C21H25N7S. The Bertz CT molecular complexity index is 966. The Labute approximate surface area is 175 Å². The maximum absolute atomic E-state index is 4.81. The summed E-state index contributed by atoms with van der Waals surface area (Å²) in [7, 11) is 2.18. The second kappa shape index (κ2) is 8.14. The van der Waals surface area contributed by atoms with E-state index in [0.29, 0.717) is 0 Å². The molecule has 0 unspecified atom stereocenters. The summed E-state index contributed by atoms with van der Waals surface area (Å²) >= 11 is 1.83. The van der Waals surface area contributed by atoms with Gasteiger partial charge in [0.25, 0.3) is 0 Å². The molecule has 0 bridgehead atoms. The Hall–Kier alpha value is -2.42. The predicted molar refractivity (Wildman–Crippen MR) is 115 cm³/mol. The zero-order chi connectivity index (χ0) is 19.6. The summed E-state index contributed by atoms with van der Waals surface area (Å²) in [4.78, 5) is 26.7. The molecule has 3 aromatic heterocycles. The van der Waals surface area contributed by atoms with E-state index < -0.39 is 0 Å². The van der Waals surface area contributed by atoms with Gasteiger partial charge in [0.15, 0.2) is 11.0 Å². The third-order valence-electron chi connectivity index (χ3n) is 5.65. The lowest BCUT2D eigenvalue weighted by Crippen LogP contribution is -2.44. The van der Waals surface area contributed by atoms with Gasteiger partial charge in [-0.25, -0.2) is 15.0 Å². The van der Waals surface area contributed by atoms with Crippen molar-refractivity contribution in [3.8, 4) is 11.4 Å². The van der Waals surface area contributed by atoms with Crippen molar-refractivity contribution in [1.29, 1.82) is 0 Å². The van der Waals surface area contributed by atoms with Crippen molar-refractivity contribution in [1.82, 2.24) is 29.7 Å². The molecule has 1 fully saturated rings. The molecule has 7 nitrogen and oxygen atoms in total. The highest BCUT2D eigenvalue weighted by molar-refractivity contribution is 7.15. The van der Waals surface area contributed by atoms with Crippen molar-refractivity contribution < 1.29 is 0 Å². The van der Waals surface area contributed by atoms with Crippen LogP contribution in [0.15, 0.2) is 36.9 Å². The number of anilines is 1. The number of piperazine rings is 1. The van der Waals surface area contributed by atoms with Gasteiger partial charge in [-0.3, -0.25) is 9.88 Å². The first kappa shape index (κ1) is 18.6. The molecule has 29 heavy (non-hydrogen) atoms. The van der Waals surface area contributed by atoms with E-state index in [1.54, 1.807) is 12.4 Å². The average Bonchev–Trinajstić information content (AvgIpc) is 3.23. The summed E-state index contributed by atoms with van der Waals surface area (Å²) in [5.74, 6) is 0.791. The molecule has 0 aliphatic carbocycles. The van der Waals surface area contributed by atoms with Gasteiger partial charge in [0.05, 0.1) is 5.69 Å². The Morgan fingerprint density at radius 1 is 1.00 bits per heavy atom. The Balaban J connectivity index is 1.24. The summed E-state index contributed by atoms with van der Waals surface area (Å²) in [6, 6.07) is 3.91. The molecular weight excluding hydrogens is 382 g/mol. The number of rotatable bonds is 4. The lowest BCUT2D eigenvalue weighted by Gasteiger charge is -2.32. The quantitative estimate of drug-likeness (QED) is 0.658. The monoisotopic (exact) mass is 407 g/mol. The van der Waals surface area contributed by atoms with Crippen molar-refractivity contribution in [3.05, 3.63) is 53.1 Å². The Kier molecular flexibility index (Phi) is 5.22. The topological polar surface area (TPSA) is 61.3 Å². The minimum Gasteiger partial charge on any atom is -0.346 e. The summed E-state index contributed by atoms with van der Waals surface area (Å²) in [6.07, 6.45) is 8.57. The van der Waals surface area contributed by atoms with Crippen LogP contribution in [0.1, 0.15) is 16.1 Å². The third kappa shape index (κ3) is 4.14. The van der Waals surface area contributed by atoms with Crippen LogP contribution in [0.25, 0.3) is 11.4 Å². The fraction of sp³-hybridized carbons (Fsp3) is 0.429. The van der Waals surface area contributed by atoms with Crippen LogP contribution in [-0.2, 0) is 19.5 Å². The normalized spacial score (nSPS) is 18.0. The van der Waals surface area contributed by atoms with Crippen LogP contribution in [-0.4, -0.2) is 69.5 Å². The van der Waals surface area contributed by atoms with Crippen LogP contribution < -0.4 is 4.90 Å². The number of aromatic nitrogens is 4. The molecule has 5 rings (SSSR count). The van der Waals surface area contributed by atoms with E-state index in [9.17, 15) is 0 Å². The van der Waals surface area contributed by atoms with Crippen molar-refractivity contribution >= 4 is 16.5 Å². The molecule has 2 aliphatic heterocycles. The maximum atomic E-state index is 4.81. The molecule has 150 valence electrons. The Morgan fingerprint density at radius 2 is 1.83 bits per heavy atom. The zero-order valence-electron chi connectivity index (χ0n) is 16.7. The second-order valence-corrected chi connectivity index (χ2v) is 8.86. The van der Waals surface area contributed by atoms with Gasteiger partial charge < -0.3 is 9.80 Å². The Morgan fingerprint density at radius 3 is 2.66 bits per heavy atom. The molecule has 0 N–H and O–H groups in total. The average molecular weight is 408 g/mol. The SMILES string of the molecule is CN1CCN(c2ncc(CN3CCc4nc(-c5ccncc5)ncc4C3)s2)CC1. The summed E-state index contributed by atoms with van der Waals surface area (Å²) in [5, 5.41) is 1.16. The van der Waals surface area contributed by atoms with Crippen molar-refractivity contribution in [3.63, 3.8) is 0 Å². The van der Waals surface area contributed by atoms with Crippen molar-refractivity contribution in [2.24, 2.45) is 0 Å². The van der Waals surface area contributed by atoms with E-state index in [1.807, 2.05) is 29.7 Å². The summed E-state index contributed by atoms with van der Waals surface area (Å²) in [6.45, 7) is 7.21. The number of fused-ring (bicyclic) bond motifs is 1. The number of hydrogen-bond donors (Lipinski definition) is 0. The molecule has 0 amide bonds. The first-order valence-corrected chi connectivity index (χ1v) is 10.9. The summed E-state index contributed by atoms with van der Waals surface area (Å²) < 4.78 is 0. The highest BCUT2D eigenvalue weighted by Gasteiger charge is 2.21. The van der Waals surface area contributed by atoms with Crippen LogP contribution in [0, 0.1) is 0 Å². The molecule has 1 saturated heterocycles. The highest BCUT2D eigenvalue weighted by atomic mass is 32.1. The predicted octanol–water partition coefficient (Wildman–Crippen LogP) is 2.31. The van der Waals surface area contributed by atoms with E-state index in [4.69, 9.17) is 4.98 Å². The molecule has 0 spiro atoms. The lowest BCUT2D eigenvalue weighted by atomic mass is 10.1. The first-order chi connectivity index (χ1) is 14.2. The maximum Gasteiger partial charge on any atom is 0.185 e. The van der Waals surface area contributed by atoms with Crippen molar-refractivity contribution in [2.45, 2.75) is 19.5 Å². The summed E-state index contributed by atoms with van der Waals surface area (Å²) in [5.41, 5.74) is 3.43. The zero-order valence-corrected chi connectivity index (χ0v) is 17.5. The minimum atomic E-state index is 0.791. The number of hydrogen-bond acceptors (Lipinski definition) is 8. The minimum absolute atomic E-state index is 0.791. The van der Waals surface area contributed by atoms with Gasteiger partial charge in [0.2, 0.25) is 0 Å². The highest BCUT2D eigenvalue weighted by Crippen LogP contribution is 2.27. The fourth-order valence-corrected chi connectivity index (χ4v) is 4.89. The van der Waals surface area contributed by atoms with E-state index in [0.717, 1.165) is 68.8 Å². The number of thiazole rings is 1. The van der Waals surface area contributed by atoms with Crippen LogP contribution in [0.3, 0.4) is 0 Å². The molecule has 5 heterocycles. The number of pyridine rings is 1. The second-order valence-electron chi connectivity index (χ2n) is 7.76. The smallest absolute Gasteiger partial charge is 0.185 e. The molecule has 0 radical (unpaired) electrons. The third-order valence-corrected chi connectivity index (χ3v) is 6.69. The molecule has 2 aliphatic rings. The largest absolute Gasteiger partial charge is 0.346 e. The number of nitrogens with zero attached hydrogens (tertiary/aromatic N) is 7. The van der Waals surface area contributed by atoms with Crippen LogP contribution in [0.4, 0.5) is 5.13 Å². The van der Waals surface area contributed by atoms with E-state index >= 15 is 0 Å².